The van der Waals surface area contributed by atoms with Gasteiger partial charge in [0.05, 0.1) is 14.2 Å². The maximum absolute atomic E-state index is 12.5. The first kappa shape index (κ1) is 21.8. The van der Waals surface area contributed by atoms with E-state index < -0.39 is 0 Å². The van der Waals surface area contributed by atoms with E-state index in [9.17, 15) is 9.59 Å². The van der Waals surface area contributed by atoms with Crippen molar-refractivity contribution in [2.24, 2.45) is 17.8 Å². The zero-order valence-electron chi connectivity index (χ0n) is 18.7. The van der Waals surface area contributed by atoms with Crippen molar-refractivity contribution < 1.29 is 19.1 Å². The van der Waals surface area contributed by atoms with Crippen molar-refractivity contribution in [2.75, 3.05) is 27.3 Å². The average molecular weight is 430 g/mol. The van der Waals surface area contributed by atoms with Crippen molar-refractivity contribution in [3.05, 3.63) is 23.8 Å². The average Bonchev–Trinajstić information content (AvgIpc) is 2.72. The lowest BCUT2D eigenvalue weighted by Gasteiger charge is -2.56. The summed E-state index contributed by atoms with van der Waals surface area (Å²) in [4.78, 5) is 24.6. The van der Waals surface area contributed by atoms with Crippen LogP contribution >= 0.6 is 0 Å². The maximum Gasteiger partial charge on any atom is 0.315 e. The van der Waals surface area contributed by atoms with Gasteiger partial charge in [-0.1, -0.05) is 0 Å². The Labute approximate surface area is 184 Å². The molecule has 1 aromatic carbocycles. The van der Waals surface area contributed by atoms with E-state index in [1.54, 1.807) is 14.2 Å². The second-order valence-corrected chi connectivity index (χ2v) is 9.61. The van der Waals surface area contributed by atoms with Gasteiger partial charge in [0.15, 0.2) is 0 Å². The maximum atomic E-state index is 12.5. The van der Waals surface area contributed by atoms with Crippen LogP contribution in [0.25, 0.3) is 0 Å². The van der Waals surface area contributed by atoms with Crippen LogP contribution in [0.4, 0.5) is 4.79 Å². The third-order valence-electron chi connectivity index (χ3n) is 7.26. The van der Waals surface area contributed by atoms with E-state index >= 15 is 0 Å². The molecule has 0 aromatic heterocycles. The van der Waals surface area contributed by atoms with Crippen LogP contribution in [0.3, 0.4) is 0 Å². The molecule has 4 aliphatic carbocycles. The van der Waals surface area contributed by atoms with Gasteiger partial charge < -0.3 is 25.4 Å². The molecule has 1 aromatic rings. The molecule has 0 aliphatic heterocycles. The SMILES string of the molecule is COc1ccc(OC)c(CCNC(=O)CCNC(=O)NC23CC4CC(CC(C4)C2)C3)c1. The summed E-state index contributed by atoms with van der Waals surface area (Å²) >= 11 is 0. The van der Waals surface area contributed by atoms with Gasteiger partial charge in [0.1, 0.15) is 11.5 Å². The van der Waals surface area contributed by atoms with Crippen LogP contribution in [-0.4, -0.2) is 44.8 Å². The number of hydrogen-bond donors (Lipinski definition) is 3. The summed E-state index contributed by atoms with van der Waals surface area (Å²) in [6, 6.07) is 5.50. The third kappa shape index (κ3) is 5.25. The molecule has 0 radical (unpaired) electrons. The molecule has 170 valence electrons. The highest BCUT2D eigenvalue weighted by atomic mass is 16.5. The minimum absolute atomic E-state index is 0.00309. The second kappa shape index (κ2) is 9.37. The molecule has 4 bridgehead atoms. The molecule has 31 heavy (non-hydrogen) atoms. The summed E-state index contributed by atoms with van der Waals surface area (Å²) in [6.45, 7) is 0.842. The number of amides is 3. The normalized spacial score (nSPS) is 28.1. The predicted molar refractivity (Wildman–Crippen MR) is 118 cm³/mol. The molecule has 3 amide bonds. The summed E-state index contributed by atoms with van der Waals surface area (Å²) in [5.41, 5.74) is 0.979. The van der Waals surface area contributed by atoms with Crippen LogP contribution in [0, 0.1) is 17.8 Å². The van der Waals surface area contributed by atoms with Gasteiger partial charge in [0, 0.05) is 25.0 Å². The fraction of sp³-hybridized carbons (Fsp3) is 0.667. The number of ether oxygens (including phenoxy) is 2. The zero-order valence-corrected chi connectivity index (χ0v) is 18.7. The number of benzene rings is 1. The smallest absolute Gasteiger partial charge is 0.315 e. The number of rotatable bonds is 9. The fourth-order valence-electron chi connectivity index (χ4n) is 6.34. The highest BCUT2D eigenvalue weighted by Gasteiger charge is 2.51. The summed E-state index contributed by atoms with van der Waals surface area (Å²) in [6.07, 6.45) is 8.34. The van der Waals surface area contributed by atoms with E-state index in [1.807, 2.05) is 18.2 Å². The molecule has 4 fully saturated rings. The molecule has 5 rings (SSSR count). The number of urea groups is 1. The minimum Gasteiger partial charge on any atom is -0.497 e. The second-order valence-electron chi connectivity index (χ2n) is 9.61. The van der Waals surface area contributed by atoms with E-state index in [2.05, 4.69) is 16.0 Å². The Morgan fingerprint density at radius 3 is 2.26 bits per heavy atom. The summed E-state index contributed by atoms with van der Waals surface area (Å²) in [7, 11) is 3.25. The lowest BCUT2D eigenvalue weighted by Crippen LogP contribution is -2.61. The Hall–Kier alpha value is -2.44. The van der Waals surface area contributed by atoms with Crippen LogP contribution in [-0.2, 0) is 11.2 Å². The van der Waals surface area contributed by atoms with Gasteiger partial charge in [-0.25, -0.2) is 4.79 Å². The topological polar surface area (TPSA) is 88.7 Å². The van der Waals surface area contributed by atoms with Gasteiger partial charge in [0.2, 0.25) is 5.91 Å². The molecular formula is C24H35N3O4. The van der Waals surface area contributed by atoms with E-state index in [0.29, 0.717) is 19.5 Å². The Morgan fingerprint density at radius 2 is 1.65 bits per heavy atom. The number of methoxy groups -OCH3 is 2. The van der Waals surface area contributed by atoms with Crippen molar-refractivity contribution in [2.45, 2.75) is 56.9 Å². The molecule has 0 atom stereocenters. The van der Waals surface area contributed by atoms with Gasteiger partial charge in [0.25, 0.3) is 0 Å². The first-order valence-corrected chi connectivity index (χ1v) is 11.5. The highest BCUT2D eigenvalue weighted by molar-refractivity contribution is 5.78. The van der Waals surface area contributed by atoms with E-state index in [1.165, 1.54) is 19.3 Å². The van der Waals surface area contributed by atoms with Crippen molar-refractivity contribution in [3.8, 4) is 11.5 Å². The molecule has 0 unspecified atom stereocenters. The molecule has 7 nitrogen and oxygen atoms in total. The number of carbonyl (C=O) groups is 2. The van der Waals surface area contributed by atoms with Crippen LogP contribution in [0.1, 0.15) is 50.5 Å². The van der Waals surface area contributed by atoms with Gasteiger partial charge in [-0.15, -0.1) is 0 Å². The fourth-order valence-corrected chi connectivity index (χ4v) is 6.34. The quantitative estimate of drug-likeness (QED) is 0.563. The highest BCUT2D eigenvalue weighted by Crippen LogP contribution is 2.55. The number of hydrogen-bond acceptors (Lipinski definition) is 4. The summed E-state index contributed by atoms with van der Waals surface area (Å²) < 4.78 is 10.6. The molecule has 3 N–H and O–H groups in total. The minimum atomic E-state index is -0.129. The van der Waals surface area contributed by atoms with Crippen LogP contribution in [0.5, 0.6) is 11.5 Å². The first-order valence-electron chi connectivity index (χ1n) is 11.5. The Kier molecular flexibility index (Phi) is 6.58. The molecule has 0 saturated heterocycles. The first-order chi connectivity index (χ1) is 15.0. The van der Waals surface area contributed by atoms with Crippen molar-refractivity contribution >= 4 is 11.9 Å². The molecule has 4 aliphatic rings. The van der Waals surface area contributed by atoms with Crippen molar-refractivity contribution in [1.82, 2.24) is 16.0 Å². The zero-order chi connectivity index (χ0) is 21.8. The summed E-state index contributed by atoms with van der Waals surface area (Å²) in [5.74, 6) is 3.84. The van der Waals surface area contributed by atoms with Crippen molar-refractivity contribution in [1.29, 1.82) is 0 Å². The molecule has 4 saturated carbocycles. The largest absolute Gasteiger partial charge is 0.497 e. The lowest BCUT2D eigenvalue weighted by atomic mass is 9.53. The third-order valence-corrected chi connectivity index (χ3v) is 7.26. The van der Waals surface area contributed by atoms with Crippen LogP contribution in [0.2, 0.25) is 0 Å². The van der Waals surface area contributed by atoms with Gasteiger partial charge >= 0.3 is 6.03 Å². The molecule has 7 heteroatoms. The van der Waals surface area contributed by atoms with Gasteiger partial charge in [-0.3, -0.25) is 4.79 Å². The Morgan fingerprint density at radius 1 is 0.968 bits per heavy atom. The number of carbonyl (C=O) groups excluding carboxylic acids is 2. The van der Waals surface area contributed by atoms with Crippen molar-refractivity contribution in [3.63, 3.8) is 0 Å². The Balaban J connectivity index is 1.15. The predicted octanol–water partition coefficient (Wildman–Crippen LogP) is 3.02. The van der Waals surface area contributed by atoms with Gasteiger partial charge in [-0.05, 0) is 86.5 Å². The van der Waals surface area contributed by atoms with E-state index in [0.717, 1.165) is 54.1 Å². The molecule has 0 heterocycles. The van der Waals surface area contributed by atoms with Crippen LogP contribution in [0.15, 0.2) is 18.2 Å². The van der Waals surface area contributed by atoms with Crippen LogP contribution < -0.4 is 25.4 Å². The standard InChI is InChI=1S/C24H35N3O4/c1-30-20-3-4-21(31-2)19(12-20)5-7-25-22(28)6-8-26-23(29)27-24-13-16-9-17(14-24)11-18(10-16)15-24/h3-4,12,16-18H,5-11,13-15H2,1-2H3,(H,25,28)(H2,26,27,29). The summed E-state index contributed by atoms with van der Waals surface area (Å²) in [5, 5.41) is 9.07. The van der Waals surface area contributed by atoms with E-state index in [-0.39, 0.29) is 23.9 Å². The van der Waals surface area contributed by atoms with Gasteiger partial charge in [-0.2, -0.15) is 0 Å². The molecular weight excluding hydrogens is 394 g/mol. The number of nitrogens with one attached hydrogen (secondary N) is 3. The monoisotopic (exact) mass is 429 g/mol. The molecule has 0 spiro atoms. The Bertz CT molecular complexity index is 775. The van der Waals surface area contributed by atoms with E-state index in [4.69, 9.17) is 9.47 Å². The lowest BCUT2D eigenvalue weighted by molar-refractivity contribution is -0.120.